The second-order valence-electron chi connectivity index (χ2n) is 8.63. The molecule has 35 heavy (non-hydrogen) atoms. The van der Waals surface area contributed by atoms with Crippen LogP contribution in [0.15, 0.2) is 66.9 Å². The Kier molecular flexibility index (Phi) is 7.60. The predicted octanol–water partition coefficient (Wildman–Crippen LogP) is 3.41. The van der Waals surface area contributed by atoms with Gasteiger partial charge in [0.1, 0.15) is 5.69 Å². The van der Waals surface area contributed by atoms with Crippen LogP contribution in [0.25, 0.3) is 16.9 Å². The topological polar surface area (TPSA) is 84.7 Å². The second kappa shape index (κ2) is 11.0. The molecule has 1 unspecified atom stereocenters. The summed E-state index contributed by atoms with van der Waals surface area (Å²) >= 11 is 0. The Morgan fingerprint density at radius 2 is 1.74 bits per heavy atom. The summed E-state index contributed by atoms with van der Waals surface area (Å²) in [5.74, 6) is -1.07. The van der Waals surface area contributed by atoms with Crippen molar-refractivity contribution in [1.82, 2.24) is 19.6 Å². The summed E-state index contributed by atoms with van der Waals surface area (Å²) in [5.41, 5.74) is 2.62. The smallest absolute Gasteiger partial charge is 0.310 e. The van der Waals surface area contributed by atoms with E-state index in [-0.39, 0.29) is 30.2 Å². The minimum Gasteiger partial charge on any atom is -0.466 e. The lowest BCUT2D eigenvalue weighted by Gasteiger charge is -2.32. The molecule has 2 amide bonds. The van der Waals surface area contributed by atoms with Gasteiger partial charge in [0.2, 0.25) is 5.91 Å². The molecule has 8 heteroatoms. The number of hydrogen-bond donors (Lipinski definition) is 0. The summed E-state index contributed by atoms with van der Waals surface area (Å²) in [5, 5.41) is 4.69. The molecule has 1 fully saturated rings. The fourth-order valence-electron chi connectivity index (χ4n) is 4.29. The van der Waals surface area contributed by atoms with Crippen LogP contribution < -0.4 is 0 Å². The first-order chi connectivity index (χ1) is 17.0. The summed E-state index contributed by atoms with van der Waals surface area (Å²) in [6.45, 7) is 2.90. The zero-order valence-electron chi connectivity index (χ0n) is 20.1. The van der Waals surface area contributed by atoms with Crippen LogP contribution in [0, 0.1) is 5.92 Å². The molecular weight excluding hydrogens is 444 g/mol. The van der Waals surface area contributed by atoms with Gasteiger partial charge in [-0.05, 0) is 31.9 Å². The molecule has 1 saturated heterocycles. The van der Waals surface area contributed by atoms with Gasteiger partial charge in [0.15, 0.2) is 0 Å². The molecule has 2 heterocycles. The van der Waals surface area contributed by atoms with Gasteiger partial charge in [-0.3, -0.25) is 14.4 Å². The normalized spacial score (nSPS) is 15.5. The minimum atomic E-state index is -0.317. The molecule has 1 aliphatic heterocycles. The zero-order valence-corrected chi connectivity index (χ0v) is 20.1. The van der Waals surface area contributed by atoms with Gasteiger partial charge in [-0.1, -0.05) is 48.5 Å². The third kappa shape index (κ3) is 5.59. The number of carbonyl (C=O) groups is 3. The van der Waals surface area contributed by atoms with Gasteiger partial charge in [-0.2, -0.15) is 5.10 Å². The molecule has 182 valence electrons. The standard InChI is InChI=1S/C27H30N4O4/c1-3-35-27(34)21-13-10-16-30(17-21)24(32)19-29(2)26(33)23-18-31(22-14-8-5-9-15-22)28-25(23)20-11-6-4-7-12-20/h4-9,11-12,14-15,18,21H,3,10,13,16-17,19H2,1-2H3. The maximum absolute atomic E-state index is 13.5. The predicted molar refractivity (Wildman–Crippen MR) is 132 cm³/mol. The van der Waals surface area contributed by atoms with Crippen molar-refractivity contribution in [3.05, 3.63) is 72.4 Å². The fraction of sp³-hybridized carbons (Fsp3) is 0.333. The summed E-state index contributed by atoms with van der Waals surface area (Å²) < 4.78 is 6.81. The number of esters is 1. The van der Waals surface area contributed by atoms with E-state index >= 15 is 0 Å². The number of para-hydroxylation sites is 1. The number of aromatic nitrogens is 2. The number of likely N-dealkylation sites (tertiary alicyclic amines) is 1. The Morgan fingerprint density at radius 1 is 1.06 bits per heavy atom. The number of benzene rings is 2. The van der Waals surface area contributed by atoms with Crippen molar-refractivity contribution in [2.75, 3.05) is 33.3 Å². The van der Waals surface area contributed by atoms with E-state index in [0.29, 0.717) is 37.4 Å². The maximum atomic E-state index is 13.5. The molecule has 0 aliphatic carbocycles. The summed E-state index contributed by atoms with van der Waals surface area (Å²) in [6.07, 6.45) is 3.14. The molecule has 8 nitrogen and oxygen atoms in total. The lowest BCUT2D eigenvalue weighted by Crippen LogP contribution is -2.47. The first-order valence-electron chi connectivity index (χ1n) is 11.9. The number of piperidine rings is 1. The monoisotopic (exact) mass is 474 g/mol. The van der Waals surface area contributed by atoms with Crippen molar-refractivity contribution in [3.8, 4) is 16.9 Å². The average molecular weight is 475 g/mol. The van der Waals surface area contributed by atoms with E-state index in [9.17, 15) is 14.4 Å². The lowest BCUT2D eigenvalue weighted by atomic mass is 9.98. The summed E-state index contributed by atoms with van der Waals surface area (Å²) in [4.78, 5) is 41.7. The van der Waals surface area contributed by atoms with E-state index in [1.165, 1.54) is 4.90 Å². The van der Waals surface area contributed by atoms with E-state index in [4.69, 9.17) is 9.84 Å². The molecule has 1 aromatic heterocycles. The van der Waals surface area contributed by atoms with Crippen molar-refractivity contribution >= 4 is 17.8 Å². The maximum Gasteiger partial charge on any atom is 0.310 e. The number of ether oxygens (including phenoxy) is 1. The van der Waals surface area contributed by atoms with Crippen LogP contribution in [-0.4, -0.2) is 70.7 Å². The van der Waals surface area contributed by atoms with E-state index in [1.807, 2.05) is 60.7 Å². The molecule has 0 N–H and O–H groups in total. The molecule has 3 aromatic rings. The van der Waals surface area contributed by atoms with Crippen LogP contribution in [0.5, 0.6) is 0 Å². The Hall–Kier alpha value is -3.94. The molecule has 2 aromatic carbocycles. The largest absolute Gasteiger partial charge is 0.466 e. The number of carbonyl (C=O) groups excluding carboxylic acids is 3. The van der Waals surface area contributed by atoms with Crippen molar-refractivity contribution in [2.24, 2.45) is 5.92 Å². The molecule has 0 radical (unpaired) electrons. The van der Waals surface area contributed by atoms with Crippen LogP contribution in [0.3, 0.4) is 0 Å². The highest BCUT2D eigenvalue weighted by Crippen LogP contribution is 2.25. The molecule has 4 rings (SSSR count). The molecular formula is C27H30N4O4. The van der Waals surface area contributed by atoms with Gasteiger partial charge in [0, 0.05) is 31.9 Å². The zero-order chi connectivity index (χ0) is 24.8. The third-order valence-electron chi connectivity index (χ3n) is 6.13. The second-order valence-corrected chi connectivity index (χ2v) is 8.63. The number of likely N-dealkylation sites (N-methyl/N-ethyl adjacent to an activating group) is 1. The first kappa shape index (κ1) is 24.2. The Morgan fingerprint density at radius 3 is 2.43 bits per heavy atom. The molecule has 0 spiro atoms. The summed E-state index contributed by atoms with van der Waals surface area (Å²) in [7, 11) is 1.61. The van der Waals surface area contributed by atoms with Gasteiger partial charge in [0.25, 0.3) is 5.91 Å². The fourth-order valence-corrected chi connectivity index (χ4v) is 4.29. The Labute approximate surface area is 205 Å². The third-order valence-corrected chi connectivity index (χ3v) is 6.13. The van der Waals surface area contributed by atoms with Gasteiger partial charge in [0.05, 0.1) is 30.3 Å². The summed E-state index contributed by atoms with van der Waals surface area (Å²) in [6, 6.07) is 19.1. The van der Waals surface area contributed by atoms with Gasteiger partial charge in [-0.25, -0.2) is 4.68 Å². The van der Waals surface area contributed by atoms with E-state index < -0.39 is 0 Å². The van der Waals surface area contributed by atoms with Crippen molar-refractivity contribution in [1.29, 1.82) is 0 Å². The lowest BCUT2D eigenvalue weighted by molar-refractivity contribution is -0.151. The van der Waals surface area contributed by atoms with Crippen molar-refractivity contribution in [3.63, 3.8) is 0 Å². The first-order valence-corrected chi connectivity index (χ1v) is 11.9. The molecule has 1 atom stereocenters. The Bertz CT molecular complexity index is 1180. The van der Waals surface area contributed by atoms with Crippen LogP contribution in [0.2, 0.25) is 0 Å². The SMILES string of the molecule is CCOC(=O)C1CCCN(C(=O)CN(C)C(=O)c2cn(-c3ccccc3)nc2-c2ccccc2)C1. The van der Waals surface area contributed by atoms with Crippen LogP contribution in [-0.2, 0) is 14.3 Å². The van der Waals surface area contributed by atoms with Gasteiger partial charge in [-0.15, -0.1) is 0 Å². The molecule has 0 saturated carbocycles. The van der Waals surface area contributed by atoms with Gasteiger partial charge < -0.3 is 14.5 Å². The van der Waals surface area contributed by atoms with E-state index in [2.05, 4.69) is 0 Å². The van der Waals surface area contributed by atoms with Gasteiger partial charge >= 0.3 is 5.97 Å². The highest BCUT2D eigenvalue weighted by Gasteiger charge is 2.31. The quantitative estimate of drug-likeness (QED) is 0.490. The highest BCUT2D eigenvalue weighted by molar-refractivity contribution is 6.01. The van der Waals surface area contributed by atoms with E-state index in [1.54, 1.807) is 29.7 Å². The number of rotatable bonds is 7. The van der Waals surface area contributed by atoms with Crippen molar-refractivity contribution < 1.29 is 19.1 Å². The number of nitrogens with zero attached hydrogens (tertiary/aromatic N) is 4. The molecule has 0 bridgehead atoms. The average Bonchev–Trinajstić information content (AvgIpc) is 3.35. The van der Waals surface area contributed by atoms with Crippen molar-refractivity contribution in [2.45, 2.75) is 19.8 Å². The van der Waals surface area contributed by atoms with Crippen LogP contribution in [0.4, 0.5) is 0 Å². The Balaban J connectivity index is 1.53. The number of hydrogen-bond acceptors (Lipinski definition) is 5. The van der Waals surface area contributed by atoms with E-state index in [0.717, 1.165) is 17.7 Å². The number of amides is 2. The van der Waals surface area contributed by atoms with Crippen LogP contribution >= 0.6 is 0 Å². The highest BCUT2D eigenvalue weighted by atomic mass is 16.5. The minimum absolute atomic E-state index is 0.0842. The molecule has 1 aliphatic rings. The van der Waals surface area contributed by atoms with Crippen LogP contribution in [0.1, 0.15) is 30.1 Å².